The molecule has 2 rings (SSSR count). The Morgan fingerprint density at radius 2 is 1.71 bits per heavy atom. The van der Waals surface area contributed by atoms with Gasteiger partial charge in [0, 0.05) is 16.6 Å². The molecule has 2 aromatic rings. The Labute approximate surface area is 128 Å². The first-order chi connectivity index (χ1) is 10.1. The van der Waals surface area contributed by atoms with Crippen LogP contribution < -0.4 is 5.11 Å². The van der Waals surface area contributed by atoms with E-state index in [0.717, 1.165) is 22.2 Å². The summed E-state index contributed by atoms with van der Waals surface area (Å²) in [6, 6.07) is 10.9. The number of nitro groups is 1. The molecule has 7 heteroatoms. The Morgan fingerprint density at radius 3 is 2.38 bits per heavy atom. The van der Waals surface area contributed by atoms with Gasteiger partial charge in [-0.1, -0.05) is 39.9 Å². The molecule has 21 heavy (non-hydrogen) atoms. The molecule has 0 aromatic heterocycles. The van der Waals surface area contributed by atoms with Crippen LogP contribution in [0.1, 0.15) is 11.1 Å². The molecule has 0 radical (unpaired) electrons. The third kappa shape index (κ3) is 4.22. The number of nitro benzene ring substituents is 1. The van der Waals surface area contributed by atoms with Crippen molar-refractivity contribution in [1.29, 1.82) is 0 Å². The summed E-state index contributed by atoms with van der Waals surface area (Å²) in [5.74, 6) is -0.344. The molecule has 0 atom stereocenters. The molecular formula is C14H9BrN3O3-. The number of rotatable bonds is 4. The van der Waals surface area contributed by atoms with Crippen molar-refractivity contribution in [3.63, 3.8) is 0 Å². The number of hydrogen-bond donors (Lipinski definition) is 0. The Balaban J connectivity index is 2.12. The van der Waals surface area contributed by atoms with Crippen LogP contribution in [0.25, 0.3) is 0 Å². The summed E-state index contributed by atoms with van der Waals surface area (Å²) >= 11 is 3.32. The SMILES string of the molecule is O=[N+]([O-])c1ccc([O-])c(/C=N\N=C/c2ccc(Br)cc2)c1. The largest absolute Gasteiger partial charge is 0.872 e. The van der Waals surface area contributed by atoms with Crippen molar-refractivity contribution in [1.82, 2.24) is 0 Å². The van der Waals surface area contributed by atoms with E-state index in [9.17, 15) is 15.2 Å². The van der Waals surface area contributed by atoms with Crippen molar-refractivity contribution in [3.8, 4) is 5.75 Å². The molecule has 0 fully saturated rings. The minimum absolute atomic E-state index is 0.122. The van der Waals surface area contributed by atoms with E-state index in [-0.39, 0.29) is 17.0 Å². The van der Waals surface area contributed by atoms with Gasteiger partial charge in [0.25, 0.3) is 5.69 Å². The van der Waals surface area contributed by atoms with Gasteiger partial charge in [0.05, 0.1) is 17.4 Å². The number of benzene rings is 2. The van der Waals surface area contributed by atoms with Crippen LogP contribution in [0.15, 0.2) is 57.1 Å². The zero-order valence-corrected chi connectivity index (χ0v) is 12.2. The van der Waals surface area contributed by atoms with Crippen LogP contribution in [-0.2, 0) is 0 Å². The fraction of sp³-hybridized carbons (Fsp3) is 0. The van der Waals surface area contributed by atoms with E-state index in [2.05, 4.69) is 26.1 Å². The summed E-state index contributed by atoms with van der Waals surface area (Å²) in [6.07, 6.45) is 2.72. The van der Waals surface area contributed by atoms with Gasteiger partial charge in [0.2, 0.25) is 0 Å². The minimum Gasteiger partial charge on any atom is -0.872 e. The Morgan fingerprint density at radius 1 is 1.05 bits per heavy atom. The van der Waals surface area contributed by atoms with E-state index < -0.39 is 4.92 Å². The highest BCUT2D eigenvalue weighted by Crippen LogP contribution is 2.19. The lowest BCUT2D eigenvalue weighted by atomic mass is 10.2. The zero-order chi connectivity index (χ0) is 15.2. The molecule has 0 aliphatic carbocycles. The summed E-state index contributed by atoms with van der Waals surface area (Å²) in [5, 5.41) is 29.7. The lowest BCUT2D eigenvalue weighted by molar-refractivity contribution is -0.385. The van der Waals surface area contributed by atoms with E-state index in [1.807, 2.05) is 24.3 Å². The maximum Gasteiger partial charge on any atom is 0.270 e. The van der Waals surface area contributed by atoms with Crippen molar-refractivity contribution >= 4 is 34.0 Å². The highest BCUT2D eigenvalue weighted by molar-refractivity contribution is 9.10. The normalized spacial score (nSPS) is 11.3. The van der Waals surface area contributed by atoms with E-state index >= 15 is 0 Å². The average Bonchev–Trinajstić information content (AvgIpc) is 2.47. The van der Waals surface area contributed by atoms with Gasteiger partial charge < -0.3 is 5.11 Å². The standard InChI is InChI=1S/C14H10BrN3O3/c15-12-3-1-10(2-4-12)8-16-17-9-11-7-13(18(20)21)5-6-14(11)19/h1-9,19H/p-1/b16-8-,17-9-. The molecule has 0 saturated heterocycles. The fourth-order valence-corrected chi connectivity index (χ4v) is 1.76. The van der Waals surface area contributed by atoms with Crippen molar-refractivity contribution in [2.45, 2.75) is 0 Å². The summed E-state index contributed by atoms with van der Waals surface area (Å²) < 4.78 is 0.954. The van der Waals surface area contributed by atoms with Crippen LogP contribution in [0.4, 0.5) is 5.69 Å². The summed E-state index contributed by atoms with van der Waals surface area (Å²) in [4.78, 5) is 10.1. The quantitative estimate of drug-likeness (QED) is 0.484. The van der Waals surface area contributed by atoms with E-state index in [0.29, 0.717) is 0 Å². The van der Waals surface area contributed by atoms with Crippen LogP contribution in [0.2, 0.25) is 0 Å². The minimum atomic E-state index is -0.568. The molecule has 0 aliphatic rings. The fourth-order valence-electron chi connectivity index (χ4n) is 1.49. The molecule has 0 bridgehead atoms. The molecular weight excluding hydrogens is 338 g/mol. The second kappa shape index (κ2) is 6.76. The molecule has 0 N–H and O–H groups in total. The number of non-ortho nitro benzene ring substituents is 1. The van der Waals surface area contributed by atoms with Crippen LogP contribution >= 0.6 is 15.9 Å². The van der Waals surface area contributed by atoms with Crippen molar-refractivity contribution < 1.29 is 10.0 Å². The predicted octanol–water partition coefficient (Wildman–Crippen LogP) is 2.88. The van der Waals surface area contributed by atoms with E-state index in [1.54, 1.807) is 0 Å². The van der Waals surface area contributed by atoms with Gasteiger partial charge >= 0.3 is 0 Å². The Bertz CT molecular complexity index is 712. The maximum absolute atomic E-state index is 11.5. The molecule has 0 saturated carbocycles. The van der Waals surface area contributed by atoms with Crippen molar-refractivity contribution in [2.75, 3.05) is 0 Å². The summed E-state index contributed by atoms with van der Waals surface area (Å²) in [6.45, 7) is 0. The lowest BCUT2D eigenvalue weighted by Gasteiger charge is -2.07. The molecule has 0 spiro atoms. The molecule has 0 unspecified atom stereocenters. The topological polar surface area (TPSA) is 90.9 Å². The van der Waals surface area contributed by atoms with Crippen LogP contribution in [0, 0.1) is 10.1 Å². The highest BCUT2D eigenvalue weighted by atomic mass is 79.9. The first kappa shape index (κ1) is 14.9. The average molecular weight is 347 g/mol. The predicted molar refractivity (Wildman–Crippen MR) is 81.9 cm³/mol. The van der Waals surface area contributed by atoms with E-state index in [1.165, 1.54) is 18.5 Å². The third-order valence-corrected chi connectivity index (χ3v) is 3.07. The number of hydrogen-bond acceptors (Lipinski definition) is 5. The van der Waals surface area contributed by atoms with Crippen molar-refractivity contribution in [3.05, 3.63) is 68.2 Å². The van der Waals surface area contributed by atoms with Gasteiger partial charge in [-0.05, 0) is 23.3 Å². The third-order valence-electron chi connectivity index (χ3n) is 2.54. The summed E-state index contributed by atoms with van der Waals surface area (Å²) in [7, 11) is 0. The molecule has 6 nitrogen and oxygen atoms in total. The first-order valence-corrected chi connectivity index (χ1v) is 6.63. The molecule has 0 amide bonds. The molecule has 0 aliphatic heterocycles. The van der Waals surface area contributed by atoms with Gasteiger partial charge in [-0.25, -0.2) is 0 Å². The number of nitrogens with zero attached hydrogens (tertiary/aromatic N) is 3. The molecule has 0 heterocycles. The molecule has 2 aromatic carbocycles. The smallest absolute Gasteiger partial charge is 0.270 e. The monoisotopic (exact) mass is 346 g/mol. The van der Waals surface area contributed by atoms with Gasteiger partial charge in [-0.2, -0.15) is 10.2 Å². The van der Waals surface area contributed by atoms with Crippen molar-refractivity contribution in [2.24, 2.45) is 10.2 Å². The van der Waals surface area contributed by atoms with E-state index in [4.69, 9.17) is 0 Å². The van der Waals surface area contributed by atoms with Gasteiger partial charge in [0.15, 0.2) is 0 Å². The maximum atomic E-state index is 11.5. The van der Waals surface area contributed by atoms with Gasteiger partial charge in [0.1, 0.15) is 0 Å². The Hall–Kier alpha value is -2.54. The van der Waals surface area contributed by atoms with Crippen LogP contribution in [0.3, 0.4) is 0 Å². The highest BCUT2D eigenvalue weighted by Gasteiger charge is 2.05. The van der Waals surface area contributed by atoms with Gasteiger partial charge in [-0.15, -0.1) is 0 Å². The second-order valence-corrected chi connectivity index (χ2v) is 4.94. The lowest BCUT2D eigenvalue weighted by Crippen LogP contribution is -1.98. The Kier molecular flexibility index (Phi) is 4.78. The summed E-state index contributed by atoms with van der Waals surface area (Å²) in [5.41, 5.74) is 0.807. The number of halogens is 1. The zero-order valence-electron chi connectivity index (χ0n) is 10.6. The van der Waals surface area contributed by atoms with Crippen LogP contribution in [0.5, 0.6) is 5.75 Å². The van der Waals surface area contributed by atoms with Gasteiger partial charge in [-0.3, -0.25) is 10.1 Å². The second-order valence-electron chi connectivity index (χ2n) is 4.02. The van der Waals surface area contributed by atoms with Crippen LogP contribution in [-0.4, -0.2) is 17.4 Å². The first-order valence-electron chi connectivity index (χ1n) is 5.84. The molecule has 106 valence electrons.